The molecule has 2 rings (SSSR count). The van der Waals surface area contributed by atoms with Gasteiger partial charge in [-0.25, -0.2) is 0 Å². The van der Waals surface area contributed by atoms with E-state index in [1.54, 1.807) is 0 Å². The number of benzene rings is 2. The van der Waals surface area contributed by atoms with Crippen molar-refractivity contribution in [1.82, 2.24) is 0 Å². The van der Waals surface area contributed by atoms with E-state index >= 15 is 0 Å². The summed E-state index contributed by atoms with van der Waals surface area (Å²) >= 11 is 6.22. The van der Waals surface area contributed by atoms with Crippen LogP contribution in [0.2, 0.25) is 5.02 Å². The fourth-order valence-corrected chi connectivity index (χ4v) is 1.98. The van der Waals surface area contributed by atoms with Crippen LogP contribution < -0.4 is 0 Å². The molecule has 0 aliphatic carbocycles. The Hall–Kier alpha value is -1.52. The smallest absolute Gasteiger partial charge is 0.0767 e. The highest BCUT2D eigenvalue weighted by molar-refractivity contribution is 6.35. The molecule has 1 nitrogen and oxygen atoms in total. The second-order valence-electron chi connectivity index (χ2n) is 4.42. The summed E-state index contributed by atoms with van der Waals surface area (Å²) in [5.41, 5.74) is 0.451. The standard InChI is InChI=1S/C14H12ClN/c1-14(2,9-16)11-7-10-5-3-4-6-12(10)13(15)8-11/h3-8H,1-2H3. The molecule has 0 aliphatic rings. The van der Waals surface area contributed by atoms with Crippen LogP contribution in [-0.4, -0.2) is 0 Å². The molecule has 0 saturated carbocycles. The maximum Gasteiger partial charge on any atom is 0.0767 e. The molecule has 16 heavy (non-hydrogen) atoms. The van der Waals surface area contributed by atoms with Crippen LogP contribution in [0.25, 0.3) is 10.8 Å². The minimum absolute atomic E-state index is 0.506. The van der Waals surface area contributed by atoms with Gasteiger partial charge in [0.25, 0.3) is 0 Å². The zero-order chi connectivity index (χ0) is 11.8. The Labute approximate surface area is 100 Å². The van der Waals surface area contributed by atoms with Crippen molar-refractivity contribution in [3.05, 3.63) is 47.0 Å². The van der Waals surface area contributed by atoms with Crippen molar-refractivity contribution in [2.45, 2.75) is 19.3 Å². The lowest BCUT2D eigenvalue weighted by Crippen LogP contribution is -2.13. The van der Waals surface area contributed by atoms with Gasteiger partial charge in [-0.3, -0.25) is 0 Å². The minimum atomic E-state index is -0.506. The summed E-state index contributed by atoms with van der Waals surface area (Å²) in [6, 6.07) is 14.1. The molecule has 2 aromatic rings. The number of rotatable bonds is 1. The fourth-order valence-electron chi connectivity index (χ4n) is 1.69. The van der Waals surface area contributed by atoms with Gasteiger partial charge in [0.2, 0.25) is 0 Å². The van der Waals surface area contributed by atoms with Crippen LogP contribution in [-0.2, 0) is 5.41 Å². The van der Waals surface area contributed by atoms with Crippen LogP contribution in [0.15, 0.2) is 36.4 Å². The summed E-state index contributed by atoms with van der Waals surface area (Å²) in [6.07, 6.45) is 0. The highest BCUT2D eigenvalue weighted by Gasteiger charge is 2.20. The Kier molecular flexibility index (Phi) is 2.61. The first-order valence-corrected chi connectivity index (χ1v) is 5.52. The average molecular weight is 230 g/mol. The van der Waals surface area contributed by atoms with E-state index in [0.717, 1.165) is 16.3 Å². The van der Waals surface area contributed by atoms with E-state index in [1.165, 1.54) is 0 Å². The van der Waals surface area contributed by atoms with E-state index in [9.17, 15) is 0 Å². The third kappa shape index (κ3) is 1.77. The van der Waals surface area contributed by atoms with Gasteiger partial charge in [0.15, 0.2) is 0 Å². The lowest BCUT2D eigenvalue weighted by Gasteiger charge is -2.17. The Bertz CT molecular complexity index is 579. The Balaban J connectivity index is 2.73. The summed E-state index contributed by atoms with van der Waals surface area (Å²) in [5, 5.41) is 11.9. The van der Waals surface area contributed by atoms with Gasteiger partial charge in [-0.15, -0.1) is 0 Å². The molecule has 2 heteroatoms. The van der Waals surface area contributed by atoms with E-state index in [-0.39, 0.29) is 0 Å². The molecule has 0 amide bonds. The molecule has 0 saturated heterocycles. The lowest BCUT2D eigenvalue weighted by atomic mass is 9.85. The van der Waals surface area contributed by atoms with Gasteiger partial charge in [-0.05, 0) is 36.9 Å². The van der Waals surface area contributed by atoms with Gasteiger partial charge in [-0.2, -0.15) is 5.26 Å². The molecule has 0 bridgehead atoms. The van der Waals surface area contributed by atoms with Crippen LogP contribution in [0.5, 0.6) is 0 Å². The number of nitriles is 1. The van der Waals surface area contributed by atoms with E-state index in [1.807, 2.05) is 50.2 Å². The van der Waals surface area contributed by atoms with Gasteiger partial charge < -0.3 is 0 Å². The highest BCUT2D eigenvalue weighted by atomic mass is 35.5. The summed E-state index contributed by atoms with van der Waals surface area (Å²) in [4.78, 5) is 0. The summed E-state index contributed by atoms with van der Waals surface area (Å²) in [7, 11) is 0. The Morgan fingerprint density at radius 2 is 1.88 bits per heavy atom. The normalized spacial score (nSPS) is 11.4. The van der Waals surface area contributed by atoms with Gasteiger partial charge >= 0.3 is 0 Å². The fraction of sp³-hybridized carbons (Fsp3) is 0.214. The molecule has 80 valence electrons. The van der Waals surface area contributed by atoms with E-state index in [2.05, 4.69) is 6.07 Å². The quantitative estimate of drug-likeness (QED) is 0.716. The predicted octanol–water partition coefficient (Wildman–Crippen LogP) is 4.29. The molecule has 0 N–H and O–H groups in total. The maximum absolute atomic E-state index is 9.12. The van der Waals surface area contributed by atoms with Crippen molar-refractivity contribution in [2.24, 2.45) is 0 Å². The van der Waals surface area contributed by atoms with Crippen molar-refractivity contribution < 1.29 is 0 Å². The molecule has 0 spiro atoms. The molecule has 0 unspecified atom stereocenters. The highest BCUT2D eigenvalue weighted by Crippen LogP contribution is 2.31. The number of halogens is 1. The first-order valence-electron chi connectivity index (χ1n) is 5.14. The first kappa shape index (κ1) is 11.0. The first-order chi connectivity index (χ1) is 7.54. The molecule has 0 aromatic heterocycles. The van der Waals surface area contributed by atoms with Crippen molar-refractivity contribution in [2.75, 3.05) is 0 Å². The van der Waals surface area contributed by atoms with Gasteiger partial charge in [0.05, 0.1) is 11.5 Å². The molecule has 2 aromatic carbocycles. The SMILES string of the molecule is CC(C)(C#N)c1cc(Cl)c2ccccc2c1. The second-order valence-corrected chi connectivity index (χ2v) is 4.82. The van der Waals surface area contributed by atoms with Crippen molar-refractivity contribution in [3.8, 4) is 6.07 Å². The van der Waals surface area contributed by atoms with Crippen LogP contribution >= 0.6 is 11.6 Å². The number of hydrogen-bond acceptors (Lipinski definition) is 1. The van der Waals surface area contributed by atoms with Gasteiger partial charge in [0.1, 0.15) is 0 Å². The Morgan fingerprint density at radius 3 is 2.56 bits per heavy atom. The van der Waals surface area contributed by atoms with Gasteiger partial charge in [0, 0.05) is 10.4 Å². The third-order valence-corrected chi connectivity index (χ3v) is 3.13. The summed E-state index contributed by atoms with van der Waals surface area (Å²) < 4.78 is 0. The molecule has 0 radical (unpaired) electrons. The average Bonchev–Trinajstić information content (AvgIpc) is 2.29. The van der Waals surface area contributed by atoms with E-state index < -0.39 is 5.41 Å². The molecule has 0 heterocycles. The van der Waals surface area contributed by atoms with Crippen LogP contribution in [0.4, 0.5) is 0 Å². The van der Waals surface area contributed by atoms with Gasteiger partial charge in [-0.1, -0.05) is 35.9 Å². The van der Waals surface area contributed by atoms with E-state index in [0.29, 0.717) is 5.02 Å². The molecule has 0 fully saturated rings. The predicted molar refractivity (Wildman–Crippen MR) is 67.6 cm³/mol. The zero-order valence-corrected chi connectivity index (χ0v) is 10.0. The largest absolute Gasteiger partial charge is 0.197 e. The zero-order valence-electron chi connectivity index (χ0n) is 9.29. The molecular weight excluding hydrogens is 218 g/mol. The number of nitrogens with zero attached hydrogens (tertiary/aromatic N) is 1. The molecule has 0 atom stereocenters. The van der Waals surface area contributed by atoms with Crippen molar-refractivity contribution in [1.29, 1.82) is 5.26 Å². The number of hydrogen-bond donors (Lipinski definition) is 0. The summed E-state index contributed by atoms with van der Waals surface area (Å²) in [5.74, 6) is 0. The lowest BCUT2D eigenvalue weighted by molar-refractivity contribution is 0.688. The molecular formula is C14H12ClN. The third-order valence-electron chi connectivity index (χ3n) is 2.81. The van der Waals surface area contributed by atoms with Crippen LogP contribution in [0, 0.1) is 11.3 Å². The maximum atomic E-state index is 9.12. The van der Waals surface area contributed by atoms with E-state index in [4.69, 9.17) is 16.9 Å². The second kappa shape index (κ2) is 3.81. The monoisotopic (exact) mass is 229 g/mol. The van der Waals surface area contributed by atoms with Crippen LogP contribution in [0.3, 0.4) is 0 Å². The molecule has 0 aliphatic heterocycles. The number of fused-ring (bicyclic) bond motifs is 1. The summed E-state index contributed by atoms with van der Waals surface area (Å²) in [6.45, 7) is 3.79. The topological polar surface area (TPSA) is 23.8 Å². The minimum Gasteiger partial charge on any atom is -0.197 e. The Morgan fingerprint density at radius 1 is 1.19 bits per heavy atom. The van der Waals surface area contributed by atoms with Crippen LogP contribution in [0.1, 0.15) is 19.4 Å². The van der Waals surface area contributed by atoms with Crippen molar-refractivity contribution >= 4 is 22.4 Å². The van der Waals surface area contributed by atoms with Crippen molar-refractivity contribution in [3.63, 3.8) is 0 Å².